The van der Waals surface area contributed by atoms with Crippen LogP contribution in [0.5, 0.6) is 0 Å². The number of amides is 2. The van der Waals surface area contributed by atoms with Gasteiger partial charge >= 0.3 is 0 Å². The Bertz CT molecular complexity index is 1960. The Hall–Kier alpha value is -4.87. The number of allylic oxidation sites excluding steroid dienone is 2. The lowest BCUT2D eigenvalue weighted by atomic mass is 9.59. The lowest BCUT2D eigenvalue weighted by Crippen LogP contribution is -2.45. The van der Waals surface area contributed by atoms with Crippen molar-refractivity contribution in [2.45, 2.75) is 24.7 Å². The lowest BCUT2D eigenvalue weighted by molar-refractivity contribution is -0.130. The topological polar surface area (TPSA) is 54.5 Å². The van der Waals surface area contributed by atoms with Crippen molar-refractivity contribution in [2.75, 3.05) is 4.90 Å². The van der Waals surface area contributed by atoms with Crippen LogP contribution in [0.2, 0.25) is 0 Å². The fraction of sp³-hybridized carbons (Fsp3) is 0.146. The fourth-order valence-electron chi connectivity index (χ4n) is 8.44. The fourth-order valence-corrected chi connectivity index (χ4v) is 8.90. The largest absolute Gasteiger partial charge is 0.297 e. The second kappa shape index (κ2) is 10.3. The smallest absolute Gasteiger partial charge is 0.239 e. The third-order valence-corrected chi connectivity index (χ3v) is 10.9. The molecule has 1 aliphatic heterocycles. The molecule has 3 aliphatic rings. The van der Waals surface area contributed by atoms with E-state index in [2.05, 4.69) is 40.2 Å². The molecule has 0 spiro atoms. The number of Topliss-reactive ketones (excluding diaryl/α,β-unsaturated/α-hetero) is 1. The van der Waals surface area contributed by atoms with Crippen LogP contribution in [0.1, 0.15) is 33.4 Å². The van der Waals surface area contributed by atoms with Gasteiger partial charge in [0.05, 0.1) is 28.4 Å². The standard InChI is InChI=1S/C41H30BrNO3/c1-25-17-21-27(22-18-25)33-34(28-23-19-26(2)20-24-28)41(30-13-7-4-8-14-30)36-35(40(33,39(41)46)29-11-5-3-6-12-29)37(44)43(38(36)45)32-16-10-9-15-31(32)42/h3-24,35-36H,1-2H3/t35-,36+,40-,41-/m1/s1. The van der Waals surface area contributed by atoms with Gasteiger partial charge < -0.3 is 0 Å². The van der Waals surface area contributed by atoms with Crippen LogP contribution in [0.15, 0.2) is 138 Å². The molecule has 0 N–H and O–H groups in total. The van der Waals surface area contributed by atoms with Crippen molar-refractivity contribution in [1.82, 2.24) is 0 Å². The third-order valence-electron chi connectivity index (χ3n) is 10.2. The van der Waals surface area contributed by atoms with Gasteiger partial charge in [0, 0.05) is 4.47 Å². The van der Waals surface area contributed by atoms with E-state index in [1.807, 2.05) is 117 Å². The van der Waals surface area contributed by atoms with Gasteiger partial charge in [-0.05, 0) is 75.3 Å². The highest BCUT2D eigenvalue weighted by atomic mass is 79.9. The predicted octanol–water partition coefficient (Wildman–Crippen LogP) is 8.25. The normalized spacial score (nSPS) is 25.0. The van der Waals surface area contributed by atoms with E-state index < -0.39 is 22.7 Å². The number of imide groups is 1. The number of nitrogens with zero attached hydrogens (tertiary/aromatic N) is 1. The molecule has 5 aromatic rings. The molecule has 2 amide bonds. The number of carbonyl (C=O) groups excluding carboxylic acids is 3. The lowest BCUT2D eigenvalue weighted by Gasteiger charge is -2.39. The minimum absolute atomic E-state index is 0.118. The van der Waals surface area contributed by atoms with Gasteiger partial charge in [-0.25, -0.2) is 4.90 Å². The minimum Gasteiger partial charge on any atom is -0.297 e. The number of halogens is 1. The first-order valence-corrected chi connectivity index (χ1v) is 16.3. The Balaban J connectivity index is 1.57. The average molecular weight is 665 g/mol. The molecule has 2 fully saturated rings. The van der Waals surface area contributed by atoms with Crippen molar-refractivity contribution in [1.29, 1.82) is 0 Å². The molecule has 5 aromatic carbocycles. The SMILES string of the molecule is Cc1ccc(C2=C(c3ccc(C)cc3)[C@@]3(c4ccccc4)C(=O)[C@@]2(c2ccccc2)[C@@H]2C(=O)N(c4ccccc4Br)C(=O)[C@@H]23)cc1. The highest BCUT2D eigenvalue weighted by Gasteiger charge is 2.82. The summed E-state index contributed by atoms with van der Waals surface area (Å²) in [4.78, 5) is 47.4. The van der Waals surface area contributed by atoms with Crippen LogP contribution in [0.25, 0.3) is 11.1 Å². The first kappa shape index (κ1) is 28.6. The van der Waals surface area contributed by atoms with Gasteiger partial charge in [-0.3, -0.25) is 14.4 Å². The number of anilines is 1. The van der Waals surface area contributed by atoms with Crippen LogP contribution < -0.4 is 4.90 Å². The van der Waals surface area contributed by atoms with E-state index in [4.69, 9.17) is 0 Å². The van der Waals surface area contributed by atoms with Gasteiger partial charge in [-0.2, -0.15) is 0 Å². The molecule has 5 heteroatoms. The molecule has 8 rings (SSSR count). The molecule has 0 aromatic heterocycles. The molecular weight excluding hydrogens is 634 g/mol. The summed E-state index contributed by atoms with van der Waals surface area (Å²) in [6.07, 6.45) is 0. The summed E-state index contributed by atoms with van der Waals surface area (Å²) in [6.45, 7) is 4.07. The van der Waals surface area contributed by atoms with Gasteiger partial charge in [0.25, 0.3) is 0 Å². The Morgan fingerprint density at radius 3 is 1.33 bits per heavy atom. The van der Waals surface area contributed by atoms with Crippen molar-refractivity contribution >= 4 is 50.4 Å². The molecule has 4 atom stereocenters. The van der Waals surface area contributed by atoms with Crippen molar-refractivity contribution in [2.24, 2.45) is 11.8 Å². The number of aryl methyl sites for hydroxylation is 2. The van der Waals surface area contributed by atoms with Gasteiger partial charge in [-0.15, -0.1) is 0 Å². The highest BCUT2D eigenvalue weighted by Crippen LogP contribution is 2.74. The van der Waals surface area contributed by atoms with Gasteiger partial charge in [0.2, 0.25) is 11.8 Å². The molecular formula is C41H30BrNO3. The number of para-hydroxylation sites is 1. The highest BCUT2D eigenvalue weighted by molar-refractivity contribution is 9.10. The van der Waals surface area contributed by atoms with Crippen molar-refractivity contribution in [3.05, 3.63) is 171 Å². The number of hydrogen-bond donors (Lipinski definition) is 0. The van der Waals surface area contributed by atoms with Crippen molar-refractivity contribution in [3.63, 3.8) is 0 Å². The molecule has 0 unspecified atom stereocenters. The van der Waals surface area contributed by atoms with Gasteiger partial charge in [-0.1, -0.05) is 132 Å². The molecule has 224 valence electrons. The van der Waals surface area contributed by atoms with E-state index in [-0.39, 0.29) is 17.6 Å². The van der Waals surface area contributed by atoms with Gasteiger partial charge in [0.15, 0.2) is 5.78 Å². The number of ketones is 1. The van der Waals surface area contributed by atoms with E-state index in [0.29, 0.717) is 10.2 Å². The maximum atomic E-state index is 16.0. The zero-order valence-corrected chi connectivity index (χ0v) is 27.0. The summed E-state index contributed by atoms with van der Waals surface area (Å²) in [5.41, 5.74) is 4.61. The molecule has 0 radical (unpaired) electrons. The second-order valence-electron chi connectivity index (χ2n) is 12.6. The first-order chi connectivity index (χ1) is 22.3. The Kier molecular flexibility index (Phi) is 6.42. The third kappa shape index (κ3) is 3.58. The summed E-state index contributed by atoms with van der Waals surface area (Å²) >= 11 is 3.60. The average Bonchev–Trinajstić information content (AvgIpc) is 3.59. The number of hydrogen-bond acceptors (Lipinski definition) is 3. The van der Waals surface area contributed by atoms with Crippen LogP contribution in [-0.4, -0.2) is 17.6 Å². The summed E-state index contributed by atoms with van der Waals surface area (Å²) in [6, 6.07) is 43.0. The summed E-state index contributed by atoms with van der Waals surface area (Å²) in [5.74, 6) is -2.73. The maximum Gasteiger partial charge on any atom is 0.239 e. The van der Waals surface area contributed by atoms with E-state index in [1.165, 1.54) is 4.90 Å². The van der Waals surface area contributed by atoms with E-state index in [1.54, 1.807) is 6.07 Å². The second-order valence-corrected chi connectivity index (χ2v) is 13.4. The quantitative estimate of drug-likeness (QED) is 0.178. The Labute approximate surface area is 276 Å². The van der Waals surface area contributed by atoms with Gasteiger partial charge in [0.1, 0.15) is 0 Å². The van der Waals surface area contributed by atoms with Crippen molar-refractivity contribution in [3.8, 4) is 0 Å². The van der Waals surface area contributed by atoms with Crippen LogP contribution >= 0.6 is 15.9 Å². The summed E-state index contributed by atoms with van der Waals surface area (Å²) in [5, 5.41) is 0. The van der Waals surface area contributed by atoms with Crippen LogP contribution in [0.3, 0.4) is 0 Å². The number of rotatable bonds is 5. The molecule has 46 heavy (non-hydrogen) atoms. The number of benzene rings is 5. The monoisotopic (exact) mass is 663 g/mol. The zero-order chi connectivity index (χ0) is 31.8. The minimum atomic E-state index is -1.42. The van der Waals surface area contributed by atoms with E-state index >= 15 is 14.4 Å². The molecule has 4 nitrogen and oxygen atoms in total. The van der Waals surface area contributed by atoms with E-state index in [0.717, 1.165) is 44.5 Å². The van der Waals surface area contributed by atoms with Crippen LogP contribution in [0.4, 0.5) is 5.69 Å². The molecule has 2 aliphatic carbocycles. The predicted molar refractivity (Wildman–Crippen MR) is 184 cm³/mol. The number of carbonyl (C=O) groups is 3. The Morgan fingerprint density at radius 2 is 0.913 bits per heavy atom. The summed E-state index contributed by atoms with van der Waals surface area (Å²) < 4.78 is 0.642. The van der Waals surface area contributed by atoms with Crippen LogP contribution in [-0.2, 0) is 25.2 Å². The summed E-state index contributed by atoms with van der Waals surface area (Å²) in [7, 11) is 0. The molecule has 1 saturated heterocycles. The first-order valence-electron chi connectivity index (χ1n) is 15.5. The maximum absolute atomic E-state index is 16.0. The zero-order valence-electron chi connectivity index (χ0n) is 25.4. The molecule has 1 saturated carbocycles. The van der Waals surface area contributed by atoms with Crippen LogP contribution in [0, 0.1) is 25.7 Å². The van der Waals surface area contributed by atoms with E-state index in [9.17, 15) is 0 Å². The Morgan fingerprint density at radius 1 is 0.522 bits per heavy atom. The number of fused-ring (bicyclic) bond motifs is 5. The molecule has 1 heterocycles. The molecule has 2 bridgehead atoms. The van der Waals surface area contributed by atoms with Crippen molar-refractivity contribution < 1.29 is 14.4 Å².